The van der Waals surface area contributed by atoms with E-state index in [1.807, 2.05) is 0 Å². The zero-order chi connectivity index (χ0) is 26.6. The van der Waals surface area contributed by atoms with Gasteiger partial charge in [-0.2, -0.15) is 0 Å². The molecule has 0 radical (unpaired) electrons. The van der Waals surface area contributed by atoms with Crippen molar-refractivity contribution in [2.75, 3.05) is 4.90 Å². The molecule has 0 fully saturated rings. The van der Waals surface area contributed by atoms with Gasteiger partial charge in [0.25, 0.3) is 0 Å². The van der Waals surface area contributed by atoms with Crippen molar-refractivity contribution in [3.05, 3.63) is 150 Å². The first-order valence-corrected chi connectivity index (χ1v) is 13.7. The van der Waals surface area contributed by atoms with Gasteiger partial charge in [-0.3, -0.25) is 0 Å². The van der Waals surface area contributed by atoms with Gasteiger partial charge >= 0.3 is 0 Å². The molecular weight excluding hydrogens is 470 g/mol. The molecular formula is C38H31N. The maximum atomic E-state index is 2.43. The van der Waals surface area contributed by atoms with Crippen molar-refractivity contribution in [3.63, 3.8) is 0 Å². The highest BCUT2D eigenvalue weighted by Gasteiger charge is 2.36. The van der Waals surface area contributed by atoms with Crippen molar-refractivity contribution < 1.29 is 0 Å². The van der Waals surface area contributed by atoms with E-state index in [1.54, 1.807) is 0 Å². The quantitative estimate of drug-likeness (QED) is 0.232. The standard InChI is InChI=1S/C38H31N/c1-26-13-12-20-33-36(26)32-23-22-30(25-34(32)38(33,2)3)39(29-17-8-5-9-18-29)35-24-21-27-14-10-11-19-31(27)37(35)28-15-6-4-7-16-28/h4-25H,1-3H3. The van der Waals surface area contributed by atoms with Gasteiger partial charge in [0, 0.05) is 22.4 Å². The fourth-order valence-corrected chi connectivity index (χ4v) is 6.46. The van der Waals surface area contributed by atoms with E-state index in [0.29, 0.717) is 0 Å². The van der Waals surface area contributed by atoms with E-state index in [-0.39, 0.29) is 5.41 Å². The Hall–Kier alpha value is -4.62. The smallest absolute Gasteiger partial charge is 0.0546 e. The SMILES string of the molecule is Cc1cccc2c1-c1ccc(N(c3ccccc3)c3ccc4ccccc4c3-c3ccccc3)cc1C2(C)C. The van der Waals surface area contributed by atoms with E-state index >= 15 is 0 Å². The second-order valence-corrected chi connectivity index (χ2v) is 11.1. The molecule has 0 N–H and O–H groups in total. The summed E-state index contributed by atoms with van der Waals surface area (Å²) in [6.07, 6.45) is 0. The molecule has 39 heavy (non-hydrogen) atoms. The van der Waals surface area contributed by atoms with E-state index in [9.17, 15) is 0 Å². The fourth-order valence-electron chi connectivity index (χ4n) is 6.46. The third-order valence-corrected chi connectivity index (χ3v) is 8.37. The van der Waals surface area contributed by atoms with Crippen LogP contribution in [0.4, 0.5) is 17.1 Å². The number of benzene rings is 6. The number of hydrogen-bond donors (Lipinski definition) is 0. The molecule has 0 amide bonds. The van der Waals surface area contributed by atoms with Crippen molar-refractivity contribution in [3.8, 4) is 22.3 Å². The molecule has 0 unspecified atom stereocenters. The Labute approximate surface area is 231 Å². The van der Waals surface area contributed by atoms with E-state index in [1.165, 1.54) is 61.1 Å². The van der Waals surface area contributed by atoms with Gasteiger partial charge in [0.2, 0.25) is 0 Å². The molecule has 0 aromatic heterocycles. The molecule has 0 heterocycles. The molecule has 6 aromatic rings. The lowest BCUT2D eigenvalue weighted by Gasteiger charge is -2.30. The lowest BCUT2D eigenvalue weighted by atomic mass is 9.82. The Bertz CT molecular complexity index is 1830. The fraction of sp³-hybridized carbons (Fsp3) is 0.105. The average molecular weight is 502 g/mol. The van der Waals surface area contributed by atoms with Crippen LogP contribution < -0.4 is 4.90 Å². The zero-order valence-electron chi connectivity index (χ0n) is 22.6. The second kappa shape index (κ2) is 8.99. The Kier molecular flexibility index (Phi) is 5.42. The number of anilines is 3. The summed E-state index contributed by atoms with van der Waals surface area (Å²) in [4.78, 5) is 2.43. The molecule has 188 valence electrons. The Morgan fingerprint density at radius 3 is 2.05 bits per heavy atom. The topological polar surface area (TPSA) is 3.24 Å². The Balaban J connectivity index is 1.51. The lowest BCUT2D eigenvalue weighted by molar-refractivity contribution is 0.660. The normalized spacial score (nSPS) is 13.2. The van der Waals surface area contributed by atoms with Crippen LogP contribution in [0.15, 0.2) is 133 Å². The molecule has 7 rings (SSSR count). The van der Waals surface area contributed by atoms with Gasteiger partial charge in [-0.25, -0.2) is 0 Å². The van der Waals surface area contributed by atoms with Crippen LogP contribution in [0.25, 0.3) is 33.0 Å². The number of fused-ring (bicyclic) bond motifs is 4. The van der Waals surface area contributed by atoms with Crippen LogP contribution >= 0.6 is 0 Å². The first kappa shape index (κ1) is 23.5. The lowest BCUT2D eigenvalue weighted by Crippen LogP contribution is -2.17. The highest BCUT2D eigenvalue weighted by molar-refractivity contribution is 6.05. The summed E-state index contributed by atoms with van der Waals surface area (Å²) in [5.74, 6) is 0. The molecule has 1 aliphatic rings. The Morgan fingerprint density at radius 1 is 0.538 bits per heavy atom. The zero-order valence-corrected chi connectivity index (χ0v) is 22.6. The summed E-state index contributed by atoms with van der Waals surface area (Å²) in [5, 5.41) is 2.50. The van der Waals surface area contributed by atoms with Crippen LogP contribution in [0, 0.1) is 6.92 Å². The minimum absolute atomic E-state index is 0.0688. The van der Waals surface area contributed by atoms with Crippen LogP contribution in [-0.2, 0) is 5.41 Å². The molecule has 0 bridgehead atoms. The number of aryl methyl sites for hydroxylation is 1. The first-order valence-electron chi connectivity index (χ1n) is 13.7. The van der Waals surface area contributed by atoms with Gasteiger partial charge in [-0.1, -0.05) is 117 Å². The summed E-state index contributed by atoms with van der Waals surface area (Å²) in [7, 11) is 0. The monoisotopic (exact) mass is 501 g/mol. The van der Waals surface area contributed by atoms with Crippen LogP contribution in [0.2, 0.25) is 0 Å². The van der Waals surface area contributed by atoms with Crippen LogP contribution in [0.3, 0.4) is 0 Å². The minimum Gasteiger partial charge on any atom is -0.310 e. The number of nitrogens with zero attached hydrogens (tertiary/aromatic N) is 1. The summed E-state index contributed by atoms with van der Waals surface area (Å²) >= 11 is 0. The summed E-state index contributed by atoms with van der Waals surface area (Å²) < 4.78 is 0. The molecule has 1 aliphatic carbocycles. The molecule has 1 nitrogen and oxygen atoms in total. The van der Waals surface area contributed by atoms with E-state index in [2.05, 4.69) is 159 Å². The van der Waals surface area contributed by atoms with Crippen molar-refractivity contribution in [2.45, 2.75) is 26.2 Å². The van der Waals surface area contributed by atoms with Crippen LogP contribution in [-0.4, -0.2) is 0 Å². The van der Waals surface area contributed by atoms with E-state index in [0.717, 1.165) is 5.69 Å². The number of rotatable bonds is 4. The predicted octanol–water partition coefficient (Wildman–Crippen LogP) is 10.6. The average Bonchev–Trinajstić information content (AvgIpc) is 3.21. The highest BCUT2D eigenvalue weighted by atomic mass is 15.1. The van der Waals surface area contributed by atoms with Gasteiger partial charge in [-0.05, 0) is 81.4 Å². The molecule has 0 atom stereocenters. The van der Waals surface area contributed by atoms with Crippen molar-refractivity contribution in [2.24, 2.45) is 0 Å². The Morgan fingerprint density at radius 2 is 1.26 bits per heavy atom. The molecule has 0 saturated carbocycles. The molecule has 0 spiro atoms. The largest absolute Gasteiger partial charge is 0.310 e. The summed E-state index contributed by atoms with van der Waals surface area (Å²) in [6.45, 7) is 6.95. The van der Waals surface area contributed by atoms with Crippen molar-refractivity contribution in [1.82, 2.24) is 0 Å². The second-order valence-electron chi connectivity index (χ2n) is 11.1. The van der Waals surface area contributed by atoms with Gasteiger partial charge in [0.05, 0.1) is 5.69 Å². The first-order chi connectivity index (χ1) is 19.0. The van der Waals surface area contributed by atoms with Crippen molar-refractivity contribution in [1.29, 1.82) is 0 Å². The predicted molar refractivity (Wildman–Crippen MR) is 166 cm³/mol. The van der Waals surface area contributed by atoms with E-state index in [4.69, 9.17) is 0 Å². The number of hydrogen-bond acceptors (Lipinski definition) is 1. The van der Waals surface area contributed by atoms with Crippen molar-refractivity contribution >= 4 is 27.8 Å². The van der Waals surface area contributed by atoms with Crippen LogP contribution in [0.5, 0.6) is 0 Å². The third-order valence-electron chi connectivity index (χ3n) is 8.37. The number of para-hydroxylation sites is 1. The molecule has 6 aromatic carbocycles. The van der Waals surface area contributed by atoms with Gasteiger partial charge in [-0.15, -0.1) is 0 Å². The van der Waals surface area contributed by atoms with Gasteiger partial charge in [0.1, 0.15) is 0 Å². The molecule has 1 heteroatoms. The molecule has 0 aliphatic heterocycles. The third kappa shape index (κ3) is 3.69. The van der Waals surface area contributed by atoms with Gasteiger partial charge in [0.15, 0.2) is 0 Å². The highest BCUT2D eigenvalue weighted by Crippen LogP contribution is 2.52. The summed E-state index contributed by atoms with van der Waals surface area (Å²) in [6, 6.07) is 48.6. The maximum absolute atomic E-state index is 2.43. The van der Waals surface area contributed by atoms with Crippen LogP contribution in [0.1, 0.15) is 30.5 Å². The van der Waals surface area contributed by atoms with Gasteiger partial charge < -0.3 is 4.90 Å². The maximum Gasteiger partial charge on any atom is 0.0546 e. The molecule has 0 saturated heterocycles. The van der Waals surface area contributed by atoms with E-state index < -0.39 is 0 Å². The summed E-state index contributed by atoms with van der Waals surface area (Å²) in [5.41, 5.74) is 12.8. The minimum atomic E-state index is -0.0688.